The van der Waals surface area contributed by atoms with Crippen LogP contribution in [0.5, 0.6) is 0 Å². The third-order valence-electron chi connectivity index (χ3n) is 2.79. The summed E-state index contributed by atoms with van der Waals surface area (Å²) in [5, 5.41) is 14.1. The van der Waals surface area contributed by atoms with Crippen LogP contribution in [0, 0.1) is 10.1 Å². The maximum absolute atomic E-state index is 10.9. The van der Waals surface area contributed by atoms with Crippen LogP contribution in [0.3, 0.4) is 0 Å². The first-order chi connectivity index (χ1) is 8.22. The molecule has 1 aliphatic heterocycles. The number of nitrogens with one attached hydrogen (secondary N) is 1. The van der Waals surface area contributed by atoms with Crippen LogP contribution >= 0.6 is 0 Å². The fourth-order valence-electron chi connectivity index (χ4n) is 1.93. The van der Waals surface area contributed by atoms with E-state index in [1.807, 2.05) is 4.90 Å². The highest BCUT2D eigenvalue weighted by Gasteiger charge is 2.21. The summed E-state index contributed by atoms with van der Waals surface area (Å²) >= 11 is 0. The quantitative estimate of drug-likeness (QED) is 0.477. The van der Waals surface area contributed by atoms with Crippen LogP contribution in [0.2, 0.25) is 0 Å². The number of piperazine rings is 1. The fraction of sp³-hybridized carbons (Fsp3) is 0.364. The highest BCUT2D eigenvalue weighted by molar-refractivity contribution is 5.80. The predicted octanol–water partition coefficient (Wildman–Crippen LogP) is 0.817. The summed E-state index contributed by atoms with van der Waals surface area (Å²) in [6.07, 6.45) is 0.704. The highest BCUT2D eigenvalue weighted by Crippen LogP contribution is 2.29. The van der Waals surface area contributed by atoms with E-state index in [0.29, 0.717) is 30.6 Å². The molecule has 0 atom stereocenters. The molecule has 1 aromatic rings. The van der Waals surface area contributed by atoms with Crippen molar-refractivity contribution in [3.05, 3.63) is 33.9 Å². The summed E-state index contributed by atoms with van der Waals surface area (Å²) in [6.45, 7) is 3.01. The minimum Gasteiger partial charge on any atom is -0.363 e. The number of hydrogen-bond donors (Lipinski definition) is 1. The SMILES string of the molecule is O=Cc1ccc([N+](=O)[O-])c(N2CCNCC2)c1. The van der Waals surface area contributed by atoms with E-state index in [0.717, 1.165) is 13.1 Å². The molecule has 0 bridgehead atoms. The molecule has 0 amide bonds. The number of carbonyl (C=O) groups excluding carboxylic acids is 1. The molecular weight excluding hydrogens is 222 g/mol. The Morgan fingerprint density at radius 2 is 2.06 bits per heavy atom. The zero-order valence-electron chi connectivity index (χ0n) is 9.26. The van der Waals surface area contributed by atoms with Gasteiger partial charge in [0.15, 0.2) is 0 Å². The molecule has 6 heteroatoms. The van der Waals surface area contributed by atoms with Gasteiger partial charge in [0.1, 0.15) is 12.0 Å². The van der Waals surface area contributed by atoms with E-state index in [-0.39, 0.29) is 5.69 Å². The van der Waals surface area contributed by atoms with Crippen LogP contribution in [0.4, 0.5) is 11.4 Å². The van der Waals surface area contributed by atoms with Crippen molar-refractivity contribution < 1.29 is 9.72 Å². The van der Waals surface area contributed by atoms with E-state index in [1.54, 1.807) is 6.07 Å². The predicted molar refractivity (Wildman–Crippen MR) is 63.6 cm³/mol. The van der Waals surface area contributed by atoms with Crippen molar-refractivity contribution in [3.63, 3.8) is 0 Å². The van der Waals surface area contributed by atoms with Gasteiger partial charge >= 0.3 is 0 Å². The molecule has 1 heterocycles. The van der Waals surface area contributed by atoms with Crippen molar-refractivity contribution in [1.82, 2.24) is 5.32 Å². The number of nitro groups is 1. The maximum atomic E-state index is 10.9. The Labute approximate surface area is 98.4 Å². The molecule has 0 unspecified atom stereocenters. The molecule has 17 heavy (non-hydrogen) atoms. The molecular formula is C11H13N3O3. The summed E-state index contributed by atoms with van der Waals surface area (Å²) in [6, 6.07) is 4.44. The van der Waals surface area contributed by atoms with Gasteiger partial charge in [-0.05, 0) is 12.1 Å². The number of nitro benzene ring substituents is 1. The number of aldehydes is 1. The zero-order chi connectivity index (χ0) is 12.3. The van der Waals surface area contributed by atoms with Crippen molar-refractivity contribution in [2.45, 2.75) is 0 Å². The molecule has 1 fully saturated rings. The third kappa shape index (κ3) is 2.42. The van der Waals surface area contributed by atoms with E-state index in [2.05, 4.69) is 5.32 Å². The van der Waals surface area contributed by atoms with Gasteiger partial charge in [-0.1, -0.05) is 0 Å². The molecule has 0 saturated carbocycles. The maximum Gasteiger partial charge on any atom is 0.292 e. The first-order valence-corrected chi connectivity index (χ1v) is 5.41. The van der Waals surface area contributed by atoms with Crippen LogP contribution in [0.15, 0.2) is 18.2 Å². The minimum atomic E-state index is -0.411. The fourth-order valence-corrected chi connectivity index (χ4v) is 1.93. The molecule has 1 aliphatic rings. The van der Waals surface area contributed by atoms with E-state index in [4.69, 9.17) is 0 Å². The first kappa shape index (κ1) is 11.5. The van der Waals surface area contributed by atoms with E-state index < -0.39 is 4.92 Å². The number of nitrogens with zero attached hydrogens (tertiary/aromatic N) is 2. The third-order valence-corrected chi connectivity index (χ3v) is 2.79. The van der Waals surface area contributed by atoms with Crippen molar-refractivity contribution >= 4 is 17.7 Å². The van der Waals surface area contributed by atoms with Gasteiger partial charge in [-0.15, -0.1) is 0 Å². The molecule has 0 aliphatic carbocycles. The monoisotopic (exact) mass is 235 g/mol. The Balaban J connectivity index is 2.39. The lowest BCUT2D eigenvalue weighted by atomic mass is 10.1. The Morgan fingerprint density at radius 3 is 2.65 bits per heavy atom. The highest BCUT2D eigenvalue weighted by atomic mass is 16.6. The zero-order valence-corrected chi connectivity index (χ0v) is 9.26. The largest absolute Gasteiger partial charge is 0.363 e. The summed E-state index contributed by atoms with van der Waals surface area (Å²) in [5.41, 5.74) is 1.04. The standard InChI is InChI=1S/C11H13N3O3/c15-8-9-1-2-10(14(16)17)11(7-9)13-5-3-12-4-6-13/h1-2,7-8,12H,3-6H2. The van der Waals surface area contributed by atoms with Crippen LogP contribution in [-0.2, 0) is 0 Å². The number of benzene rings is 1. The molecule has 2 rings (SSSR count). The van der Waals surface area contributed by atoms with Crippen LogP contribution in [0.25, 0.3) is 0 Å². The Kier molecular flexibility index (Phi) is 3.34. The van der Waals surface area contributed by atoms with Gasteiger partial charge in [-0.25, -0.2) is 0 Å². The smallest absolute Gasteiger partial charge is 0.292 e. The van der Waals surface area contributed by atoms with Gasteiger partial charge < -0.3 is 10.2 Å². The Hall–Kier alpha value is -1.95. The van der Waals surface area contributed by atoms with Gasteiger partial charge in [0.2, 0.25) is 0 Å². The summed E-state index contributed by atoms with van der Waals surface area (Å²) in [7, 11) is 0. The van der Waals surface area contributed by atoms with Gasteiger partial charge in [-0.3, -0.25) is 14.9 Å². The molecule has 0 radical (unpaired) electrons. The summed E-state index contributed by atoms with van der Waals surface area (Å²) < 4.78 is 0. The molecule has 6 nitrogen and oxygen atoms in total. The minimum absolute atomic E-state index is 0.0532. The lowest BCUT2D eigenvalue weighted by Crippen LogP contribution is -2.43. The average Bonchev–Trinajstić information content (AvgIpc) is 2.39. The Morgan fingerprint density at radius 1 is 1.35 bits per heavy atom. The number of rotatable bonds is 3. The Bertz CT molecular complexity index is 442. The molecule has 0 aromatic heterocycles. The normalized spacial score (nSPS) is 15.6. The average molecular weight is 235 g/mol. The summed E-state index contributed by atoms with van der Waals surface area (Å²) in [5.74, 6) is 0. The van der Waals surface area contributed by atoms with Gasteiger partial charge in [-0.2, -0.15) is 0 Å². The lowest BCUT2D eigenvalue weighted by Gasteiger charge is -2.29. The summed E-state index contributed by atoms with van der Waals surface area (Å²) in [4.78, 5) is 23.2. The van der Waals surface area contributed by atoms with E-state index in [1.165, 1.54) is 12.1 Å². The van der Waals surface area contributed by atoms with Gasteiger partial charge in [0.05, 0.1) is 4.92 Å². The molecule has 1 saturated heterocycles. The number of hydrogen-bond acceptors (Lipinski definition) is 5. The first-order valence-electron chi connectivity index (χ1n) is 5.41. The number of anilines is 1. The van der Waals surface area contributed by atoms with Crippen LogP contribution in [0.1, 0.15) is 10.4 Å². The van der Waals surface area contributed by atoms with Crippen molar-refractivity contribution in [2.24, 2.45) is 0 Å². The van der Waals surface area contributed by atoms with Crippen LogP contribution < -0.4 is 10.2 Å². The topological polar surface area (TPSA) is 75.5 Å². The van der Waals surface area contributed by atoms with Crippen LogP contribution in [-0.4, -0.2) is 37.4 Å². The number of carbonyl (C=O) groups is 1. The second-order valence-corrected chi connectivity index (χ2v) is 3.86. The van der Waals surface area contributed by atoms with E-state index >= 15 is 0 Å². The second kappa shape index (κ2) is 4.92. The second-order valence-electron chi connectivity index (χ2n) is 3.86. The molecule has 1 aromatic carbocycles. The van der Waals surface area contributed by atoms with Gasteiger partial charge in [0.25, 0.3) is 5.69 Å². The van der Waals surface area contributed by atoms with E-state index in [9.17, 15) is 14.9 Å². The van der Waals surface area contributed by atoms with Gasteiger partial charge in [0, 0.05) is 37.8 Å². The molecule has 0 spiro atoms. The lowest BCUT2D eigenvalue weighted by molar-refractivity contribution is -0.384. The molecule has 1 N–H and O–H groups in total. The molecule has 90 valence electrons. The van der Waals surface area contributed by atoms with Crippen molar-refractivity contribution in [2.75, 3.05) is 31.1 Å². The van der Waals surface area contributed by atoms with Crippen molar-refractivity contribution in [3.8, 4) is 0 Å². The van der Waals surface area contributed by atoms with Crippen molar-refractivity contribution in [1.29, 1.82) is 0 Å².